The molecular formula is C28H25FN4O5S3. The molecular weight excluding hydrogens is 588 g/mol. The Labute approximate surface area is 247 Å². The fourth-order valence-electron chi connectivity index (χ4n) is 4.15. The molecule has 9 nitrogen and oxygen atoms in total. The summed E-state index contributed by atoms with van der Waals surface area (Å²) in [6, 6.07) is 14.7. The molecule has 3 aromatic heterocycles. The first-order chi connectivity index (χ1) is 19.9. The highest BCUT2D eigenvalue weighted by molar-refractivity contribution is 7.99. The molecule has 3 heterocycles. The number of halogens is 1. The number of thiazole rings is 1. The molecule has 13 heteroatoms. The Balaban J connectivity index is 1.38. The lowest BCUT2D eigenvalue weighted by atomic mass is 10.1. The number of amides is 1. The average Bonchev–Trinajstić information content (AvgIpc) is 3.61. The summed E-state index contributed by atoms with van der Waals surface area (Å²) in [7, 11) is 3.14. The van der Waals surface area contributed by atoms with Gasteiger partial charge in [-0.15, -0.1) is 0 Å². The number of hydrogen-bond donors (Lipinski definition) is 1. The van der Waals surface area contributed by atoms with Crippen LogP contribution < -0.4 is 20.3 Å². The van der Waals surface area contributed by atoms with E-state index in [1.807, 2.05) is 24.3 Å². The van der Waals surface area contributed by atoms with Gasteiger partial charge in [0, 0.05) is 6.54 Å². The number of nitrogens with zero attached hydrogens (tertiary/aromatic N) is 3. The van der Waals surface area contributed by atoms with Crippen LogP contribution in [0.1, 0.15) is 11.3 Å². The number of aromatic nitrogens is 3. The van der Waals surface area contributed by atoms with Crippen molar-refractivity contribution in [1.82, 2.24) is 19.4 Å². The molecule has 5 rings (SSSR count). The van der Waals surface area contributed by atoms with Gasteiger partial charge >= 0.3 is 0 Å². The minimum Gasteiger partial charge on any atom is -0.493 e. The van der Waals surface area contributed by atoms with Crippen LogP contribution in [0.25, 0.3) is 16.0 Å². The van der Waals surface area contributed by atoms with Crippen LogP contribution in [0.15, 0.2) is 75.2 Å². The van der Waals surface area contributed by atoms with Crippen molar-refractivity contribution >= 4 is 51.6 Å². The number of methoxy groups -OCH3 is 2. The SMILES string of the molecule is COc1ccc(CCNC(=O)CSc2nc3c(sc(=S)n3Cc3ccco3)c(=O)n2-c2ccc(F)cc2)cc1OC. The largest absolute Gasteiger partial charge is 0.493 e. The zero-order valence-electron chi connectivity index (χ0n) is 22.1. The van der Waals surface area contributed by atoms with Crippen molar-refractivity contribution in [2.75, 3.05) is 26.5 Å². The number of benzene rings is 2. The Bertz CT molecular complexity index is 1800. The molecule has 0 bridgehead atoms. The van der Waals surface area contributed by atoms with Crippen molar-refractivity contribution in [2.24, 2.45) is 0 Å². The van der Waals surface area contributed by atoms with Gasteiger partial charge in [0.25, 0.3) is 5.56 Å². The van der Waals surface area contributed by atoms with E-state index in [4.69, 9.17) is 31.1 Å². The summed E-state index contributed by atoms with van der Waals surface area (Å²) in [6.45, 7) is 0.707. The van der Waals surface area contributed by atoms with Crippen LogP contribution in [0, 0.1) is 9.77 Å². The second-order valence-corrected chi connectivity index (χ2v) is 11.4. The van der Waals surface area contributed by atoms with Crippen LogP contribution in [-0.2, 0) is 17.8 Å². The van der Waals surface area contributed by atoms with Crippen molar-refractivity contribution in [1.29, 1.82) is 0 Å². The number of rotatable bonds is 11. The van der Waals surface area contributed by atoms with Crippen LogP contribution >= 0.6 is 35.3 Å². The van der Waals surface area contributed by atoms with E-state index < -0.39 is 5.82 Å². The van der Waals surface area contributed by atoms with Crippen molar-refractivity contribution in [3.8, 4) is 17.2 Å². The molecule has 0 saturated carbocycles. The summed E-state index contributed by atoms with van der Waals surface area (Å²) in [5.41, 5.74) is 1.45. The van der Waals surface area contributed by atoms with Gasteiger partial charge in [0.2, 0.25) is 5.91 Å². The van der Waals surface area contributed by atoms with Gasteiger partial charge in [-0.2, -0.15) is 0 Å². The smallest absolute Gasteiger partial charge is 0.278 e. The quantitative estimate of drug-likeness (QED) is 0.123. The van der Waals surface area contributed by atoms with Gasteiger partial charge in [0.05, 0.1) is 38.5 Å². The molecule has 0 spiro atoms. The Morgan fingerprint density at radius 1 is 1.15 bits per heavy atom. The Morgan fingerprint density at radius 3 is 2.63 bits per heavy atom. The maximum Gasteiger partial charge on any atom is 0.278 e. The number of hydrogen-bond acceptors (Lipinski definition) is 9. The van der Waals surface area contributed by atoms with E-state index in [-0.39, 0.29) is 22.4 Å². The van der Waals surface area contributed by atoms with Gasteiger partial charge in [-0.1, -0.05) is 29.2 Å². The highest BCUT2D eigenvalue weighted by Crippen LogP contribution is 2.28. The molecule has 41 heavy (non-hydrogen) atoms. The van der Waals surface area contributed by atoms with Crippen molar-refractivity contribution < 1.29 is 23.1 Å². The summed E-state index contributed by atoms with van der Waals surface area (Å²) in [5, 5.41) is 3.18. The maximum absolute atomic E-state index is 13.7. The van der Waals surface area contributed by atoms with E-state index in [0.717, 1.165) is 28.7 Å². The van der Waals surface area contributed by atoms with Crippen molar-refractivity contribution in [2.45, 2.75) is 18.1 Å². The predicted octanol–water partition coefficient (Wildman–Crippen LogP) is 5.23. The van der Waals surface area contributed by atoms with Gasteiger partial charge in [-0.3, -0.25) is 18.7 Å². The van der Waals surface area contributed by atoms with Gasteiger partial charge in [-0.05, 0) is 72.7 Å². The fourth-order valence-corrected chi connectivity index (χ4v) is 6.25. The second kappa shape index (κ2) is 12.7. The molecule has 1 amide bonds. The predicted molar refractivity (Wildman–Crippen MR) is 159 cm³/mol. The van der Waals surface area contributed by atoms with E-state index in [1.54, 1.807) is 31.1 Å². The fraction of sp³-hybridized carbons (Fsp3) is 0.214. The average molecular weight is 613 g/mol. The molecule has 0 fully saturated rings. The van der Waals surface area contributed by atoms with Crippen LogP contribution in [0.3, 0.4) is 0 Å². The normalized spacial score (nSPS) is 11.1. The molecule has 0 radical (unpaired) electrons. The number of carbonyl (C=O) groups excluding carboxylic acids is 1. The number of carbonyl (C=O) groups is 1. The third-order valence-electron chi connectivity index (χ3n) is 6.15. The lowest BCUT2D eigenvalue weighted by molar-refractivity contribution is -0.118. The van der Waals surface area contributed by atoms with E-state index in [9.17, 15) is 14.0 Å². The first-order valence-corrected chi connectivity index (χ1v) is 14.6. The standard InChI is InChI=1S/C28H25FN4O5S3/c1-36-21-10-5-17(14-22(21)37-2)11-12-30-23(34)16-40-27-31-25-24(26(35)33(27)19-8-6-18(29)7-9-19)41-28(39)32(25)15-20-4-3-13-38-20/h3-10,13-14H,11-12,15-16H2,1-2H3,(H,30,34). The highest BCUT2D eigenvalue weighted by atomic mass is 32.2. The minimum atomic E-state index is -0.431. The maximum atomic E-state index is 13.7. The molecule has 0 atom stereocenters. The van der Waals surface area contributed by atoms with Gasteiger partial charge in [-0.25, -0.2) is 9.37 Å². The third-order valence-corrected chi connectivity index (χ3v) is 8.52. The summed E-state index contributed by atoms with van der Waals surface area (Å²) < 4.78 is 33.7. The Kier molecular flexibility index (Phi) is 8.86. The molecule has 212 valence electrons. The summed E-state index contributed by atoms with van der Waals surface area (Å²) in [6.07, 6.45) is 2.15. The van der Waals surface area contributed by atoms with Gasteiger partial charge in [0.15, 0.2) is 26.3 Å². The van der Waals surface area contributed by atoms with E-state index >= 15 is 0 Å². The first kappa shape index (κ1) is 28.6. The van der Waals surface area contributed by atoms with E-state index in [1.165, 1.54) is 28.8 Å². The van der Waals surface area contributed by atoms with Crippen molar-refractivity contribution in [3.05, 3.63) is 92.3 Å². The lowest BCUT2D eigenvalue weighted by Gasteiger charge is -2.13. The number of thioether (sulfide) groups is 1. The molecule has 0 aliphatic carbocycles. The van der Waals surface area contributed by atoms with Crippen LogP contribution in [0.2, 0.25) is 0 Å². The topological polar surface area (TPSA) is 101 Å². The van der Waals surface area contributed by atoms with E-state index in [2.05, 4.69) is 5.32 Å². The van der Waals surface area contributed by atoms with Crippen LogP contribution in [0.4, 0.5) is 4.39 Å². The molecule has 0 aliphatic heterocycles. The highest BCUT2D eigenvalue weighted by Gasteiger charge is 2.20. The summed E-state index contributed by atoms with van der Waals surface area (Å²) >= 11 is 7.80. The second-order valence-electron chi connectivity index (χ2n) is 8.78. The van der Waals surface area contributed by atoms with Crippen molar-refractivity contribution in [3.63, 3.8) is 0 Å². The van der Waals surface area contributed by atoms with Gasteiger partial charge in [0.1, 0.15) is 16.3 Å². The summed E-state index contributed by atoms with van der Waals surface area (Å²) in [4.78, 5) is 31.2. The lowest BCUT2D eigenvalue weighted by Crippen LogP contribution is -2.28. The number of ether oxygens (including phenoxy) is 2. The number of furan rings is 1. The van der Waals surface area contributed by atoms with E-state index in [0.29, 0.717) is 56.8 Å². The Morgan fingerprint density at radius 2 is 1.93 bits per heavy atom. The first-order valence-electron chi connectivity index (χ1n) is 12.4. The van der Waals surface area contributed by atoms with Gasteiger partial charge < -0.3 is 19.2 Å². The monoisotopic (exact) mass is 612 g/mol. The van der Waals surface area contributed by atoms with Crippen LogP contribution in [-0.4, -0.2) is 46.5 Å². The number of nitrogens with one attached hydrogen (secondary N) is 1. The zero-order valence-corrected chi connectivity index (χ0v) is 24.5. The zero-order chi connectivity index (χ0) is 28.9. The molecule has 1 N–H and O–H groups in total. The summed E-state index contributed by atoms with van der Waals surface area (Å²) in [5.74, 6) is 1.26. The molecule has 0 aliphatic rings. The molecule has 0 saturated heterocycles. The molecule has 2 aromatic carbocycles. The Hall–Kier alpha value is -3.94. The number of fused-ring (bicyclic) bond motifs is 1. The van der Waals surface area contributed by atoms with Crippen LogP contribution in [0.5, 0.6) is 11.5 Å². The molecule has 0 unspecified atom stereocenters. The third kappa shape index (κ3) is 6.37. The molecule has 5 aromatic rings. The minimum absolute atomic E-state index is 0.00806.